The average Bonchev–Trinajstić information content (AvgIpc) is 3.67. The van der Waals surface area contributed by atoms with E-state index in [1.54, 1.807) is 50.2 Å². The van der Waals surface area contributed by atoms with Crippen LogP contribution < -0.4 is 14.8 Å². The molecule has 2 aromatic heterocycles. The molecule has 1 amide bonds. The van der Waals surface area contributed by atoms with Gasteiger partial charge in [-0.25, -0.2) is 0 Å². The van der Waals surface area contributed by atoms with Crippen LogP contribution in [0.25, 0.3) is 0 Å². The first-order valence-corrected chi connectivity index (χ1v) is 16.1. The molecule has 0 aliphatic rings. The van der Waals surface area contributed by atoms with E-state index in [-0.39, 0.29) is 18.1 Å². The molecule has 11 nitrogen and oxygen atoms in total. The number of hydrogen-bond donors (Lipinski definition) is 1. The second-order valence-electron chi connectivity index (χ2n) is 9.12. The molecular formula is C29H33N5O6S3. The standard InChI is InChI=1S/C29H33N5O6S3/c1-37-20-9-5-7-18(15-20)26(39-3)22(35)17-25-33-31-23(42-25)11-13-41-14-12-24-32-34-29(43-24)30-28(36)27(40-4)19-8-6-10-21(16-19)38-2/h5-10,15-16,26-27H,11-14,17H2,1-4H3,(H,30,34,36). The van der Waals surface area contributed by atoms with Gasteiger partial charge in [0.15, 0.2) is 11.9 Å². The topological polar surface area (TPSA) is 135 Å². The predicted octanol–water partition coefficient (Wildman–Crippen LogP) is 4.75. The molecule has 2 aromatic carbocycles. The van der Waals surface area contributed by atoms with Crippen molar-refractivity contribution in [2.45, 2.75) is 31.5 Å². The fourth-order valence-corrected chi connectivity index (χ4v) is 6.89. The van der Waals surface area contributed by atoms with Crippen molar-refractivity contribution in [2.75, 3.05) is 45.3 Å². The van der Waals surface area contributed by atoms with Crippen molar-refractivity contribution in [3.63, 3.8) is 0 Å². The van der Waals surface area contributed by atoms with E-state index in [9.17, 15) is 9.59 Å². The van der Waals surface area contributed by atoms with E-state index in [2.05, 4.69) is 25.7 Å². The van der Waals surface area contributed by atoms with E-state index in [1.165, 1.54) is 36.9 Å². The van der Waals surface area contributed by atoms with Crippen molar-refractivity contribution >= 4 is 51.3 Å². The maximum Gasteiger partial charge on any atom is 0.259 e. The summed E-state index contributed by atoms with van der Waals surface area (Å²) in [4.78, 5) is 25.7. The Morgan fingerprint density at radius 1 is 0.767 bits per heavy atom. The Kier molecular flexibility index (Phi) is 12.4. The Balaban J connectivity index is 1.19. The number of hydrogen-bond acceptors (Lipinski definition) is 13. The maximum atomic E-state index is 12.9. The molecule has 0 saturated heterocycles. The van der Waals surface area contributed by atoms with Crippen LogP contribution in [0.2, 0.25) is 0 Å². The van der Waals surface area contributed by atoms with Crippen LogP contribution >= 0.6 is 34.4 Å². The number of rotatable bonds is 17. The van der Waals surface area contributed by atoms with E-state index in [1.807, 2.05) is 24.3 Å². The third kappa shape index (κ3) is 9.28. The number of aromatic nitrogens is 4. The highest BCUT2D eigenvalue weighted by molar-refractivity contribution is 7.99. The Labute approximate surface area is 262 Å². The van der Waals surface area contributed by atoms with Crippen LogP contribution in [0.5, 0.6) is 11.5 Å². The number of anilines is 1. The number of amides is 1. The van der Waals surface area contributed by atoms with Crippen molar-refractivity contribution in [3.05, 3.63) is 74.7 Å². The lowest BCUT2D eigenvalue weighted by Crippen LogP contribution is -2.22. The molecule has 0 fully saturated rings. The van der Waals surface area contributed by atoms with E-state index in [4.69, 9.17) is 18.9 Å². The monoisotopic (exact) mass is 643 g/mol. The van der Waals surface area contributed by atoms with Crippen LogP contribution in [0.1, 0.15) is 38.4 Å². The SMILES string of the molecule is COc1cccc(C(OC)C(=O)Cc2nnc(CCSCCc3nnc(NC(=O)C(OC)c4cccc(OC)c4)s3)s2)c1. The van der Waals surface area contributed by atoms with Gasteiger partial charge >= 0.3 is 0 Å². The molecule has 1 N–H and O–H groups in total. The second-order valence-corrected chi connectivity index (χ2v) is 12.6. The zero-order valence-corrected chi connectivity index (χ0v) is 26.7. The van der Waals surface area contributed by atoms with Crippen LogP contribution in [-0.2, 0) is 38.3 Å². The van der Waals surface area contributed by atoms with E-state index >= 15 is 0 Å². The second kappa shape index (κ2) is 16.4. The van der Waals surface area contributed by atoms with Crippen LogP contribution in [0, 0.1) is 0 Å². The first kappa shape index (κ1) is 32.5. The van der Waals surface area contributed by atoms with E-state index in [0.717, 1.165) is 39.9 Å². The number of nitrogens with zero attached hydrogens (tertiary/aromatic N) is 4. The van der Waals surface area contributed by atoms with Gasteiger partial charge < -0.3 is 18.9 Å². The van der Waals surface area contributed by atoms with Gasteiger partial charge in [-0.2, -0.15) is 11.8 Å². The zero-order valence-electron chi connectivity index (χ0n) is 24.3. The highest BCUT2D eigenvalue weighted by atomic mass is 32.2. The Morgan fingerprint density at radius 3 is 1.93 bits per heavy atom. The highest BCUT2D eigenvalue weighted by Crippen LogP contribution is 2.26. The lowest BCUT2D eigenvalue weighted by molar-refractivity contribution is -0.128. The van der Waals surface area contributed by atoms with Gasteiger partial charge in [0.05, 0.1) is 20.6 Å². The Hall–Kier alpha value is -3.43. The molecule has 228 valence electrons. The summed E-state index contributed by atoms with van der Waals surface area (Å²) in [6, 6.07) is 14.5. The summed E-state index contributed by atoms with van der Waals surface area (Å²) in [6.45, 7) is 0. The van der Waals surface area contributed by atoms with E-state index in [0.29, 0.717) is 27.2 Å². The molecule has 4 aromatic rings. The minimum atomic E-state index is -0.800. The molecule has 4 rings (SSSR count). The summed E-state index contributed by atoms with van der Waals surface area (Å²) in [6.07, 6.45) is 0.134. The van der Waals surface area contributed by atoms with Gasteiger partial charge in [0, 0.05) is 27.1 Å². The van der Waals surface area contributed by atoms with Gasteiger partial charge in [-0.3, -0.25) is 14.9 Å². The number of ether oxygens (including phenoxy) is 4. The summed E-state index contributed by atoms with van der Waals surface area (Å²) in [5.74, 6) is 2.59. The largest absolute Gasteiger partial charge is 0.497 e. The first-order chi connectivity index (χ1) is 20.9. The molecule has 0 saturated carbocycles. The lowest BCUT2D eigenvalue weighted by Gasteiger charge is -2.15. The number of Topliss-reactive ketones (excluding diaryl/α,β-unsaturated/α-hetero) is 1. The van der Waals surface area contributed by atoms with Crippen molar-refractivity contribution in [1.82, 2.24) is 20.4 Å². The summed E-state index contributed by atoms with van der Waals surface area (Å²) in [7, 11) is 6.16. The molecule has 0 spiro atoms. The minimum Gasteiger partial charge on any atom is -0.497 e. The van der Waals surface area contributed by atoms with Crippen LogP contribution in [0.15, 0.2) is 48.5 Å². The molecule has 0 aliphatic heterocycles. The quantitative estimate of drug-likeness (QED) is 0.160. The molecule has 43 heavy (non-hydrogen) atoms. The summed E-state index contributed by atoms with van der Waals surface area (Å²) >= 11 is 4.56. The normalized spacial score (nSPS) is 12.5. The number of methoxy groups -OCH3 is 4. The number of carbonyl (C=O) groups is 2. The number of ketones is 1. The molecule has 0 aliphatic carbocycles. The smallest absolute Gasteiger partial charge is 0.259 e. The number of benzene rings is 2. The van der Waals surface area contributed by atoms with Crippen molar-refractivity contribution in [3.8, 4) is 11.5 Å². The molecule has 2 atom stereocenters. The number of thioether (sulfide) groups is 1. The third-order valence-electron chi connectivity index (χ3n) is 6.25. The van der Waals surface area contributed by atoms with Crippen molar-refractivity contribution in [1.29, 1.82) is 0 Å². The van der Waals surface area contributed by atoms with Gasteiger partial charge in [0.1, 0.15) is 32.6 Å². The Morgan fingerprint density at radius 2 is 1.33 bits per heavy atom. The third-order valence-corrected chi connectivity index (χ3v) is 9.11. The van der Waals surface area contributed by atoms with Gasteiger partial charge in [-0.15, -0.1) is 31.7 Å². The number of aryl methyl sites for hydroxylation is 2. The highest BCUT2D eigenvalue weighted by Gasteiger charge is 2.23. The maximum absolute atomic E-state index is 12.9. The van der Waals surface area contributed by atoms with Crippen LogP contribution in [-0.4, -0.2) is 72.0 Å². The van der Waals surface area contributed by atoms with Crippen LogP contribution in [0.3, 0.4) is 0 Å². The molecule has 0 bridgehead atoms. The number of carbonyl (C=O) groups excluding carboxylic acids is 2. The summed E-state index contributed by atoms with van der Waals surface area (Å²) in [5.41, 5.74) is 1.42. The summed E-state index contributed by atoms with van der Waals surface area (Å²) in [5, 5.41) is 22.4. The predicted molar refractivity (Wildman–Crippen MR) is 167 cm³/mol. The van der Waals surface area contributed by atoms with Gasteiger partial charge in [0.25, 0.3) is 5.91 Å². The van der Waals surface area contributed by atoms with Gasteiger partial charge in [-0.1, -0.05) is 35.6 Å². The van der Waals surface area contributed by atoms with Crippen molar-refractivity contribution < 1.29 is 28.5 Å². The molecule has 2 heterocycles. The zero-order chi connectivity index (χ0) is 30.6. The Bertz CT molecular complexity index is 1390. The number of nitrogens with one attached hydrogen (secondary N) is 1. The molecule has 2 unspecified atom stereocenters. The fraction of sp³-hybridized carbons (Fsp3) is 0.379. The van der Waals surface area contributed by atoms with Gasteiger partial charge in [0.2, 0.25) is 5.13 Å². The molecular weight excluding hydrogens is 611 g/mol. The minimum absolute atomic E-state index is 0.0847. The molecule has 0 radical (unpaired) electrons. The van der Waals surface area contributed by atoms with Gasteiger partial charge in [-0.05, 0) is 46.9 Å². The average molecular weight is 644 g/mol. The van der Waals surface area contributed by atoms with E-state index < -0.39 is 12.2 Å². The fourth-order valence-electron chi connectivity index (χ4n) is 4.16. The first-order valence-electron chi connectivity index (χ1n) is 13.3. The summed E-state index contributed by atoms with van der Waals surface area (Å²) < 4.78 is 21.4. The van der Waals surface area contributed by atoms with Crippen LogP contribution in [0.4, 0.5) is 5.13 Å². The van der Waals surface area contributed by atoms with Crippen molar-refractivity contribution in [2.24, 2.45) is 0 Å². The molecule has 14 heteroatoms. The lowest BCUT2D eigenvalue weighted by atomic mass is 10.0.